The van der Waals surface area contributed by atoms with Crippen LogP contribution in [0.2, 0.25) is 0 Å². The van der Waals surface area contributed by atoms with Crippen molar-refractivity contribution in [1.82, 2.24) is 15.3 Å². The van der Waals surface area contributed by atoms with E-state index in [0.29, 0.717) is 6.54 Å². The predicted octanol–water partition coefficient (Wildman–Crippen LogP) is 3.29. The first kappa shape index (κ1) is 14.9. The van der Waals surface area contributed by atoms with E-state index in [0.717, 1.165) is 24.8 Å². The highest BCUT2D eigenvalue weighted by Crippen LogP contribution is 2.32. The molecule has 0 saturated carbocycles. The number of nitrogens with zero attached hydrogens (tertiary/aromatic N) is 1. The number of aromatic nitrogens is 2. The average Bonchev–Trinajstić information content (AvgIpc) is 2.97. The molecule has 1 atom stereocenters. The summed E-state index contributed by atoms with van der Waals surface area (Å²) in [4.78, 5) is 20.2. The van der Waals surface area contributed by atoms with Crippen LogP contribution in [0.25, 0.3) is 10.9 Å². The van der Waals surface area contributed by atoms with Gasteiger partial charge in [-0.1, -0.05) is 17.7 Å². The van der Waals surface area contributed by atoms with Crippen LogP contribution >= 0.6 is 0 Å². The molecule has 1 aromatic carbocycles. The minimum absolute atomic E-state index is 0.0497. The molecule has 2 N–H and O–H groups in total. The number of pyridine rings is 1. The summed E-state index contributed by atoms with van der Waals surface area (Å²) < 4.78 is 0. The lowest BCUT2D eigenvalue weighted by atomic mass is 9.85. The van der Waals surface area contributed by atoms with Crippen molar-refractivity contribution in [2.24, 2.45) is 5.92 Å². The van der Waals surface area contributed by atoms with Gasteiger partial charge in [-0.2, -0.15) is 0 Å². The molecule has 1 amide bonds. The Morgan fingerprint density at radius 1 is 1.38 bits per heavy atom. The Morgan fingerprint density at radius 2 is 2.29 bits per heavy atom. The Bertz CT molecular complexity index is 883. The zero-order valence-electron chi connectivity index (χ0n) is 13.8. The highest BCUT2D eigenvalue weighted by atomic mass is 16.1. The van der Waals surface area contributed by atoms with Crippen LogP contribution in [0.5, 0.6) is 0 Å². The number of hydrogen-bond donors (Lipinski definition) is 2. The highest BCUT2D eigenvalue weighted by Gasteiger charge is 2.27. The molecule has 0 saturated heterocycles. The van der Waals surface area contributed by atoms with E-state index >= 15 is 0 Å². The first-order valence-electron chi connectivity index (χ1n) is 8.47. The van der Waals surface area contributed by atoms with E-state index < -0.39 is 0 Å². The topological polar surface area (TPSA) is 57.8 Å². The third-order valence-corrected chi connectivity index (χ3v) is 4.90. The molecule has 2 aromatic heterocycles. The maximum Gasteiger partial charge on any atom is 0.223 e. The second-order valence-corrected chi connectivity index (χ2v) is 6.65. The van der Waals surface area contributed by atoms with Crippen LogP contribution in [0.1, 0.15) is 28.8 Å². The molecule has 4 rings (SSSR count). The van der Waals surface area contributed by atoms with Gasteiger partial charge in [-0.25, -0.2) is 0 Å². The fourth-order valence-electron chi connectivity index (χ4n) is 3.59. The molecule has 2 heterocycles. The number of aryl methyl sites for hydroxylation is 2. The van der Waals surface area contributed by atoms with Crippen LogP contribution in [-0.4, -0.2) is 15.9 Å². The fourth-order valence-corrected chi connectivity index (χ4v) is 3.59. The van der Waals surface area contributed by atoms with Gasteiger partial charge in [0, 0.05) is 41.5 Å². The van der Waals surface area contributed by atoms with E-state index in [2.05, 4.69) is 40.4 Å². The van der Waals surface area contributed by atoms with Gasteiger partial charge in [0.25, 0.3) is 0 Å². The first-order valence-corrected chi connectivity index (χ1v) is 8.47. The summed E-state index contributed by atoms with van der Waals surface area (Å²) in [6, 6.07) is 10.4. The Labute approximate surface area is 141 Å². The Balaban J connectivity index is 1.50. The van der Waals surface area contributed by atoms with Crippen LogP contribution in [0.3, 0.4) is 0 Å². The van der Waals surface area contributed by atoms with Crippen molar-refractivity contribution in [1.29, 1.82) is 0 Å². The lowest BCUT2D eigenvalue weighted by Gasteiger charge is -2.22. The zero-order valence-corrected chi connectivity index (χ0v) is 13.8. The van der Waals surface area contributed by atoms with Gasteiger partial charge in [0.05, 0.1) is 0 Å². The van der Waals surface area contributed by atoms with Gasteiger partial charge in [-0.3, -0.25) is 9.78 Å². The molecule has 4 nitrogen and oxygen atoms in total. The summed E-state index contributed by atoms with van der Waals surface area (Å²) in [7, 11) is 0. The lowest BCUT2D eigenvalue weighted by Crippen LogP contribution is -2.33. The Morgan fingerprint density at radius 3 is 3.12 bits per heavy atom. The molecular weight excluding hydrogens is 298 g/mol. The number of rotatable bonds is 3. The molecular formula is C20H21N3O. The minimum Gasteiger partial charge on any atom is -0.358 e. The third-order valence-electron chi connectivity index (χ3n) is 4.90. The van der Waals surface area contributed by atoms with Crippen LogP contribution in [0, 0.1) is 12.8 Å². The third kappa shape index (κ3) is 2.80. The van der Waals surface area contributed by atoms with Crippen molar-refractivity contribution in [3.05, 3.63) is 65.1 Å². The largest absolute Gasteiger partial charge is 0.358 e. The normalized spacial score (nSPS) is 16.8. The molecule has 24 heavy (non-hydrogen) atoms. The molecule has 0 fully saturated rings. The van der Waals surface area contributed by atoms with E-state index in [-0.39, 0.29) is 11.8 Å². The number of fused-ring (bicyclic) bond motifs is 3. The summed E-state index contributed by atoms with van der Waals surface area (Å²) in [5.74, 6) is 0.195. The molecule has 3 aromatic rings. The second kappa shape index (κ2) is 6.11. The lowest BCUT2D eigenvalue weighted by molar-refractivity contribution is -0.125. The Kier molecular flexibility index (Phi) is 3.81. The maximum absolute atomic E-state index is 12.6. The number of H-pyrrole nitrogens is 1. The van der Waals surface area contributed by atoms with Gasteiger partial charge in [0.2, 0.25) is 5.91 Å². The quantitative estimate of drug-likeness (QED) is 0.778. The van der Waals surface area contributed by atoms with Gasteiger partial charge in [-0.05, 0) is 55.5 Å². The average molecular weight is 319 g/mol. The van der Waals surface area contributed by atoms with E-state index in [1.54, 1.807) is 12.4 Å². The monoisotopic (exact) mass is 319 g/mol. The van der Waals surface area contributed by atoms with Crippen molar-refractivity contribution in [2.45, 2.75) is 32.7 Å². The molecule has 0 aliphatic heterocycles. The smallest absolute Gasteiger partial charge is 0.223 e. The van der Waals surface area contributed by atoms with Gasteiger partial charge in [0.1, 0.15) is 0 Å². The maximum atomic E-state index is 12.6. The summed E-state index contributed by atoms with van der Waals surface area (Å²) in [5, 5.41) is 4.33. The molecule has 0 spiro atoms. The van der Waals surface area contributed by atoms with Gasteiger partial charge in [0.15, 0.2) is 0 Å². The minimum atomic E-state index is 0.0497. The van der Waals surface area contributed by atoms with E-state index in [1.165, 1.54) is 27.7 Å². The highest BCUT2D eigenvalue weighted by molar-refractivity contribution is 5.87. The molecule has 4 heteroatoms. The van der Waals surface area contributed by atoms with Crippen molar-refractivity contribution in [2.75, 3.05) is 0 Å². The summed E-state index contributed by atoms with van der Waals surface area (Å²) in [5.41, 5.74) is 6.09. The molecule has 0 radical (unpaired) electrons. The number of hydrogen-bond acceptors (Lipinski definition) is 2. The molecule has 0 bridgehead atoms. The molecule has 1 aliphatic carbocycles. The number of aromatic amines is 1. The van der Waals surface area contributed by atoms with Crippen LogP contribution in [-0.2, 0) is 24.2 Å². The summed E-state index contributed by atoms with van der Waals surface area (Å²) >= 11 is 0. The molecule has 1 unspecified atom stereocenters. The molecule has 1 aliphatic rings. The predicted molar refractivity (Wildman–Crippen MR) is 94.6 cm³/mol. The molecule has 122 valence electrons. The Hall–Kier alpha value is -2.62. The number of amides is 1. The van der Waals surface area contributed by atoms with Crippen LogP contribution in [0.15, 0.2) is 42.7 Å². The number of carbonyl (C=O) groups is 1. The van der Waals surface area contributed by atoms with E-state index in [4.69, 9.17) is 0 Å². The zero-order chi connectivity index (χ0) is 16.5. The van der Waals surface area contributed by atoms with Gasteiger partial charge in [-0.15, -0.1) is 0 Å². The van der Waals surface area contributed by atoms with Crippen LogP contribution < -0.4 is 5.32 Å². The SMILES string of the molecule is Cc1ccc2[nH]c3c(c2c1)CC(C(=O)NCc1cccnc1)CC3. The van der Waals surface area contributed by atoms with Gasteiger partial charge < -0.3 is 10.3 Å². The van der Waals surface area contributed by atoms with Crippen LogP contribution in [0.4, 0.5) is 0 Å². The first-order chi connectivity index (χ1) is 11.7. The van der Waals surface area contributed by atoms with Crippen molar-refractivity contribution < 1.29 is 4.79 Å². The van der Waals surface area contributed by atoms with Crippen molar-refractivity contribution in [3.63, 3.8) is 0 Å². The van der Waals surface area contributed by atoms with E-state index in [1.807, 2.05) is 12.1 Å². The summed E-state index contributed by atoms with van der Waals surface area (Å²) in [6.45, 7) is 2.66. The summed E-state index contributed by atoms with van der Waals surface area (Å²) in [6.07, 6.45) is 6.19. The fraction of sp³-hybridized carbons (Fsp3) is 0.300. The van der Waals surface area contributed by atoms with Crippen molar-refractivity contribution >= 4 is 16.8 Å². The van der Waals surface area contributed by atoms with E-state index in [9.17, 15) is 4.79 Å². The number of benzene rings is 1. The number of nitrogens with one attached hydrogen (secondary N) is 2. The van der Waals surface area contributed by atoms with Gasteiger partial charge >= 0.3 is 0 Å². The second-order valence-electron chi connectivity index (χ2n) is 6.65. The van der Waals surface area contributed by atoms with Crippen molar-refractivity contribution in [3.8, 4) is 0 Å². The number of carbonyl (C=O) groups excluding carboxylic acids is 1. The standard InChI is InChI=1S/C20H21N3O/c1-13-4-6-18-16(9-13)17-10-15(5-7-19(17)23-18)20(24)22-12-14-3-2-8-21-11-14/h2-4,6,8-9,11,15,23H,5,7,10,12H2,1H3,(H,22,24).